The minimum Gasteiger partial charge on any atom is -0.478 e. The summed E-state index contributed by atoms with van der Waals surface area (Å²) < 4.78 is 6.56. The lowest BCUT2D eigenvalue weighted by Crippen LogP contribution is -2.08. The maximum absolute atomic E-state index is 10.8. The SMILES string of the molecule is COCCn1nc(C)c(C(=O)O)c1C. The summed E-state index contributed by atoms with van der Waals surface area (Å²) in [6, 6.07) is 0. The first-order chi connectivity index (χ1) is 6.57. The highest BCUT2D eigenvalue weighted by Crippen LogP contribution is 2.12. The predicted molar refractivity (Wildman–Crippen MR) is 50.5 cm³/mol. The lowest BCUT2D eigenvalue weighted by atomic mass is 10.2. The molecule has 1 heterocycles. The zero-order valence-corrected chi connectivity index (χ0v) is 8.57. The number of aromatic carboxylic acids is 1. The maximum atomic E-state index is 10.8. The van der Waals surface area contributed by atoms with Gasteiger partial charge in [0.1, 0.15) is 5.56 Å². The van der Waals surface area contributed by atoms with Crippen LogP contribution in [0.5, 0.6) is 0 Å². The van der Waals surface area contributed by atoms with Gasteiger partial charge in [-0.05, 0) is 13.8 Å². The van der Waals surface area contributed by atoms with E-state index in [0.29, 0.717) is 30.1 Å². The van der Waals surface area contributed by atoms with Crippen molar-refractivity contribution < 1.29 is 14.6 Å². The summed E-state index contributed by atoms with van der Waals surface area (Å²) >= 11 is 0. The van der Waals surface area contributed by atoms with Gasteiger partial charge in [0.15, 0.2) is 0 Å². The van der Waals surface area contributed by atoms with Gasteiger partial charge in [0.25, 0.3) is 0 Å². The summed E-state index contributed by atoms with van der Waals surface area (Å²) in [7, 11) is 1.60. The van der Waals surface area contributed by atoms with E-state index in [1.807, 2.05) is 0 Å². The molecule has 0 fully saturated rings. The minimum absolute atomic E-state index is 0.293. The van der Waals surface area contributed by atoms with Gasteiger partial charge < -0.3 is 9.84 Å². The molecule has 0 aromatic carbocycles. The second-order valence-electron chi connectivity index (χ2n) is 3.07. The fourth-order valence-electron chi connectivity index (χ4n) is 1.40. The number of nitrogens with zero attached hydrogens (tertiary/aromatic N) is 2. The summed E-state index contributed by atoms with van der Waals surface area (Å²) in [6.07, 6.45) is 0. The number of rotatable bonds is 4. The Morgan fingerprint density at radius 1 is 1.57 bits per heavy atom. The van der Waals surface area contributed by atoms with Gasteiger partial charge in [-0.15, -0.1) is 0 Å². The zero-order chi connectivity index (χ0) is 10.7. The molecular weight excluding hydrogens is 184 g/mol. The lowest BCUT2D eigenvalue weighted by molar-refractivity contribution is 0.0695. The molecule has 1 rings (SSSR count). The van der Waals surface area contributed by atoms with Crippen molar-refractivity contribution >= 4 is 5.97 Å². The Labute approximate surface area is 82.3 Å². The third-order valence-corrected chi connectivity index (χ3v) is 2.10. The molecule has 1 aromatic heterocycles. The van der Waals surface area contributed by atoms with E-state index in [2.05, 4.69) is 5.10 Å². The van der Waals surface area contributed by atoms with Crippen LogP contribution in [0.2, 0.25) is 0 Å². The molecule has 1 N–H and O–H groups in total. The fraction of sp³-hybridized carbons (Fsp3) is 0.556. The molecule has 0 aliphatic carbocycles. The Bertz CT molecular complexity index is 344. The first-order valence-corrected chi connectivity index (χ1v) is 4.34. The molecule has 0 saturated heterocycles. The van der Waals surface area contributed by atoms with Gasteiger partial charge in [0.05, 0.1) is 24.5 Å². The van der Waals surface area contributed by atoms with Crippen LogP contribution >= 0.6 is 0 Å². The monoisotopic (exact) mass is 198 g/mol. The molecule has 0 amide bonds. The van der Waals surface area contributed by atoms with E-state index in [-0.39, 0.29) is 0 Å². The van der Waals surface area contributed by atoms with Crippen molar-refractivity contribution in [2.24, 2.45) is 0 Å². The molecule has 0 aliphatic heterocycles. The van der Waals surface area contributed by atoms with Crippen LogP contribution in [0.1, 0.15) is 21.7 Å². The van der Waals surface area contributed by atoms with E-state index >= 15 is 0 Å². The highest BCUT2D eigenvalue weighted by atomic mass is 16.5. The van der Waals surface area contributed by atoms with Crippen LogP contribution in [0.25, 0.3) is 0 Å². The highest BCUT2D eigenvalue weighted by Gasteiger charge is 2.16. The van der Waals surface area contributed by atoms with Gasteiger partial charge in [0.2, 0.25) is 0 Å². The van der Waals surface area contributed by atoms with Crippen molar-refractivity contribution in [1.82, 2.24) is 9.78 Å². The van der Waals surface area contributed by atoms with Gasteiger partial charge in [-0.3, -0.25) is 4.68 Å². The van der Waals surface area contributed by atoms with E-state index in [1.165, 1.54) is 0 Å². The fourth-order valence-corrected chi connectivity index (χ4v) is 1.40. The summed E-state index contributed by atoms with van der Waals surface area (Å²) in [6.45, 7) is 4.55. The third kappa shape index (κ3) is 1.93. The zero-order valence-electron chi connectivity index (χ0n) is 8.57. The molecule has 0 aliphatic rings. The molecule has 0 saturated carbocycles. The molecule has 5 nitrogen and oxygen atoms in total. The molecule has 1 aromatic rings. The second-order valence-corrected chi connectivity index (χ2v) is 3.07. The summed E-state index contributed by atoms with van der Waals surface area (Å²) in [5, 5.41) is 13.0. The van der Waals surface area contributed by atoms with E-state index in [4.69, 9.17) is 9.84 Å². The van der Waals surface area contributed by atoms with Crippen molar-refractivity contribution in [3.05, 3.63) is 17.0 Å². The Balaban J connectivity index is 2.98. The third-order valence-electron chi connectivity index (χ3n) is 2.10. The summed E-state index contributed by atoms with van der Waals surface area (Å²) in [5.74, 6) is -0.927. The number of carboxylic acids is 1. The molecule has 0 bridgehead atoms. The van der Waals surface area contributed by atoms with Crippen molar-refractivity contribution in [3.8, 4) is 0 Å². The van der Waals surface area contributed by atoms with Crippen LogP contribution in [-0.2, 0) is 11.3 Å². The molecule has 0 spiro atoms. The summed E-state index contributed by atoms with van der Waals surface area (Å²) in [4.78, 5) is 10.8. The van der Waals surface area contributed by atoms with Gasteiger partial charge >= 0.3 is 5.97 Å². The number of carboxylic acid groups (broad SMARTS) is 1. The Morgan fingerprint density at radius 3 is 2.64 bits per heavy atom. The van der Waals surface area contributed by atoms with Gasteiger partial charge in [-0.25, -0.2) is 4.79 Å². The molecule has 0 radical (unpaired) electrons. The molecule has 0 atom stereocenters. The first-order valence-electron chi connectivity index (χ1n) is 4.34. The van der Waals surface area contributed by atoms with Crippen LogP contribution in [0.4, 0.5) is 0 Å². The average molecular weight is 198 g/mol. The van der Waals surface area contributed by atoms with E-state index in [0.717, 1.165) is 0 Å². The predicted octanol–water partition coefficient (Wildman–Crippen LogP) is 0.845. The molecule has 5 heteroatoms. The Hall–Kier alpha value is -1.36. The molecule has 0 unspecified atom stereocenters. The smallest absolute Gasteiger partial charge is 0.339 e. The van der Waals surface area contributed by atoms with Crippen molar-refractivity contribution in [3.63, 3.8) is 0 Å². The normalized spacial score (nSPS) is 10.5. The quantitative estimate of drug-likeness (QED) is 0.778. The molecular formula is C9H14N2O3. The van der Waals surface area contributed by atoms with Crippen LogP contribution in [0.15, 0.2) is 0 Å². The average Bonchev–Trinajstić information content (AvgIpc) is 2.38. The molecule has 14 heavy (non-hydrogen) atoms. The number of aryl methyl sites for hydroxylation is 1. The van der Waals surface area contributed by atoms with Crippen molar-refractivity contribution in [1.29, 1.82) is 0 Å². The van der Waals surface area contributed by atoms with E-state index < -0.39 is 5.97 Å². The first kappa shape index (κ1) is 10.7. The lowest BCUT2D eigenvalue weighted by Gasteiger charge is -2.02. The van der Waals surface area contributed by atoms with Crippen LogP contribution in [0, 0.1) is 13.8 Å². The molecule has 78 valence electrons. The van der Waals surface area contributed by atoms with Crippen LogP contribution in [0.3, 0.4) is 0 Å². The van der Waals surface area contributed by atoms with E-state index in [1.54, 1.807) is 25.6 Å². The largest absolute Gasteiger partial charge is 0.478 e. The number of methoxy groups -OCH3 is 1. The standard InChI is InChI=1S/C9H14N2O3/c1-6-8(9(12)13)7(2)11(10-6)4-5-14-3/h4-5H2,1-3H3,(H,12,13). The number of hydrogen-bond acceptors (Lipinski definition) is 3. The Kier molecular flexibility index (Phi) is 3.24. The van der Waals surface area contributed by atoms with Gasteiger partial charge in [-0.1, -0.05) is 0 Å². The number of aromatic nitrogens is 2. The highest BCUT2D eigenvalue weighted by molar-refractivity contribution is 5.90. The van der Waals surface area contributed by atoms with Crippen LogP contribution in [-0.4, -0.2) is 34.6 Å². The Morgan fingerprint density at radius 2 is 2.21 bits per heavy atom. The number of hydrogen-bond donors (Lipinski definition) is 1. The number of carbonyl (C=O) groups is 1. The minimum atomic E-state index is -0.927. The maximum Gasteiger partial charge on any atom is 0.339 e. The van der Waals surface area contributed by atoms with Gasteiger partial charge in [-0.2, -0.15) is 5.10 Å². The van der Waals surface area contributed by atoms with Crippen molar-refractivity contribution in [2.75, 3.05) is 13.7 Å². The van der Waals surface area contributed by atoms with E-state index in [9.17, 15) is 4.79 Å². The number of ether oxygens (including phenoxy) is 1. The van der Waals surface area contributed by atoms with Crippen LogP contribution < -0.4 is 0 Å². The van der Waals surface area contributed by atoms with Gasteiger partial charge in [0, 0.05) is 7.11 Å². The second kappa shape index (κ2) is 4.23. The summed E-state index contributed by atoms with van der Waals surface area (Å²) in [5.41, 5.74) is 1.51. The van der Waals surface area contributed by atoms with Crippen molar-refractivity contribution in [2.45, 2.75) is 20.4 Å². The topological polar surface area (TPSA) is 64.4 Å².